The summed E-state index contributed by atoms with van der Waals surface area (Å²) in [7, 11) is 0. The maximum atomic E-state index is 5.90. The van der Waals surface area contributed by atoms with Crippen LogP contribution in [-0.4, -0.2) is 11.6 Å². The van der Waals surface area contributed by atoms with Gasteiger partial charge in [-0.05, 0) is 30.2 Å². The Hall–Kier alpha value is -2.03. The molecule has 0 saturated carbocycles. The van der Waals surface area contributed by atoms with Crippen molar-refractivity contribution in [3.8, 4) is 16.9 Å². The predicted molar refractivity (Wildman–Crippen MR) is 69.9 cm³/mol. The van der Waals surface area contributed by atoms with Gasteiger partial charge in [0.1, 0.15) is 5.75 Å². The van der Waals surface area contributed by atoms with Crippen molar-refractivity contribution in [1.82, 2.24) is 4.98 Å². The maximum Gasteiger partial charge on any atom is 0.119 e. The maximum absolute atomic E-state index is 5.90. The summed E-state index contributed by atoms with van der Waals surface area (Å²) < 4.78 is 5.53. The van der Waals surface area contributed by atoms with Crippen LogP contribution in [0, 0.1) is 0 Å². The van der Waals surface area contributed by atoms with E-state index in [0.717, 1.165) is 35.6 Å². The zero-order valence-corrected chi connectivity index (χ0v) is 9.89. The van der Waals surface area contributed by atoms with Crippen LogP contribution in [0.5, 0.6) is 5.75 Å². The number of pyridine rings is 1. The van der Waals surface area contributed by atoms with E-state index in [1.54, 1.807) is 18.5 Å². The van der Waals surface area contributed by atoms with Crippen molar-refractivity contribution in [3.05, 3.63) is 42.7 Å². The Labute approximate surface area is 101 Å². The van der Waals surface area contributed by atoms with Gasteiger partial charge in [-0.2, -0.15) is 0 Å². The van der Waals surface area contributed by atoms with E-state index in [4.69, 9.17) is 10.5 Å². The molecule has 0 atom stereocenters. The summed E-state index contributed by atoms with van der Waals surface area (Å²) in [6.45, 7) is 2.83. The Bertz CT molecular complexity index is 480. The van der Waals surface area contributed by atoms with Gasteiger partial charge in [-0.15, -0.1) is 0 Å². The van der Waals surface area contributed by atoms with Gasteiger partial charge in [0.15, 0.2) is 0 Å². The highest BCUT2D eigenvalue weighted by atomic mass is 16.5. The number of nitrogens with two attached hydrogens (primary N) is 1. The van der Waals surface area contributed by atoms with Gasteiger partial charge in [0.05, 0.1) is 6.61 Å². The molecule has 88 valence electrons. The van der Waals surface area contributed by atoms with E-state index in [9.17, 15) is 0 Å². The van der Waals surface area contributed by atoms with E-state index in [1.807, 2.05) is 24.3 Å². The second-order valence-electron chi connectivity index (χ2n) is 3.84. The number of hydrogen-bond acceptors (Lipinski definition) is 3. The molecule has 0 aliphatic rings. The van der Waals surface area contributed by atoms with Crippen molar-refractivity contribution in [2.24, 2.45) is 0 Å². The topological polar surface area (TPSA) is 48.1 Å². The number of benzene rings is 1. The lowest BCUT2D eigenvalue weighted by atomic mass is 10.1. The molecule has 0 spiro atoms. The normalized spacial score (nSPS) is 10.2. The summed E-state index contributed by atoms with van der Waals surface area (Å²) >= 11 is 0. The summed E-state index contributed by atoms with van der Waals surface area (Å²) in [6, 6.07) is 9.71. The lowest BCUT2D eigenvalue weighted by Gasteiger charge is -2.07. The van der Waals surface area contributed by atoms with Crippen LogP contribution in [0.3, 0.4) is 0 Å². The fraction of sp³-hybridized carbons (Fsp3) is 0.214. The summed E-state index contributed by atoms with van der Waals surface area (Å²) in [5, 5.41) is 0. The molecule has 0 aliphatic carbocycles. The van der Waals surface area contributed by atoms with Gasteiger partial charge in [0.2, 0.25) is 0 Å². The van der Waals surface area contributed by atoms with Gasteiger partial charge in [-0.3, -0.25) is 4.98 Å². The lowest BCUT2D eigenvalue weighted by molar-refractivity contribution is 0.317. The minimum Gasteiger partial charge on any atom is -0.494 e. The number of anilines is 1. The van der Waals surface area contributed by atoms with E-state index in [-0.39, 0.29) is 0 Å². The summed E-state index contributed by atoms with van der Waals surface area (Å²) in [6.07, 6.45) is 4.48. The van der Waals surface area contributed by atoms with Gasteiger partial charge in [-0.25, -0.2) is 0 Å². The minimum absolute atomic E-state index is 0.738. The standard InChI is InChI=1S/C14H16N2O/c1-2-9-17-12-5-3-11(4-6-12)13-10-16-8-7-14(13)15/h3-8,10H,2,9H2,1H3,(H2,15,16). The Morgan fingerprint density at radius 2 is 1.94 bits per heavy atom. The van der Waals surface area contributed by atoms with Crippen molar-refractivity contribution in [2.75, 3.05) is 12.3 Å². The SMILES string of the molecule is CCCOc1ccc(-c2cnccc2N)cc1. The number of rotatable bonds is 4. The molecule has 0 saturated heterocycles. The van der Waals surface area contributed by atoms with Crippen molar-refractivity contribution in [1.29, 1.82) is 0 Å². The van der Waals surface area contributed by atoms with Crippen LogP contribution in [-0.2, 0) is 0 Å². The number of hydrogen-bond donors (Lipinski definition) is 1. The van der Waals surface area contributed by atoms with Crippen LogP contribution in [0.2, 0.25) is 0 Å². The van der Waals surface area contributed by atoms with E-state index in [1.165, 1.54) is 0 Å². The molecule has 0 unspecified atom stereocenters. The van der Waals surface area contributed by atoms with Gasteiger partial charge < -0.3 is 10.5 Å². The minimum atomic E-state index is 0.738. The lowest BCUT2D eigenvalue weighted by Crippen LogP contribution is -1.95. The number of nitrogens with zero attached hydrogens (tertiary/aromatic N) is 1. The third-order valence-electron chi connectivity index (χ3n) is 2.49. The highest BCUT2D eigenvalue weighted by Crippen LogP contribution is 2.26. The Morgan fingerprint density at radius 3 is 2.59 bits per heavy atom. The first-order valence-corrected chi connectivity index (χ1v) is 5.74. The molecule has 0 bridgehead atoms. The molecule has 2 rings (SSSR count). The smallest absolute Gasteiger partial charge is 0.119 e. The monoisotopic (exact) mass is 228 g/mol. The molecule has 1 aromatic carbocycles. The third-order valence-corrected chi connectivity index (χ3v) is 2.49. The van der Waals surface area contributed by atoms with Crippen molar-refractivity contribution >= 4 is 5.69 Å². The fourth-order valence-corrected chi connectivity index (χ4v) is 1.60. The van der Waals surface area contributed by atoms with E-state index in [0.29, 0.717) is 0 Å². The van der Waals surface area contributed by atoms with Gasteiger partial charge in [0, 0.05) is 23.6 Å². The zero-order chi connectivity index (χ0) is 12.1. The van der Waals surface area contributed by atoms with E-state index >= 15 is 0 Å². The van der Waals surface area contributed by atoms with E-state index < -0.39 is 0 Å². The second-order valence-corrected chi connectivity index (χ2v) is 3.84. The largest absolute Gasteiger partial charge is 0.494 e. The molecule has 2 aromatic rings. The summed E-state index contributed by atoms with van der Waals surface area (Å²) in [4.78, 5) is 4.08. The summed E-state index contributed by atoms with van der Waals surface area (Å²) in [5.74, 6) is 0.887. The zero-order valence-electron chi connectivity index (χ0n) is 9.89. The number of aromatic nitrogens is 1. The van der Waals surface area contributed by atoms with Crippen LogP contribution >= 0.6 is 0 Å². The highest BCUT2D eigenvalue weighted by molar-refractivity contribution is 5.75. The first-order chi connectivity index (χ1) is 8.31. The Morgan fingerprint density at radius 1 is 1.18 bits per heavy atom. The highest BCUT2D eigenvalue weighted by Gasteiger charge is 2.02. The first-order valence-electron chi connectivity index (χ1n) is 5.74. The fourth-order valence-electron chi connectivity index (χ4n) is 1.60. The number of ether oxygens (including phenoxy) is 1. The Balaban J connectivity index is 2.21. The molecular formula is C14H16N2O. The molecule has 1 aromatic heterocycles. The van der Waals surface area contributed by atoms with Crippen LogP contribution in [0.25, 0.3) is 11.1 Å². The molecular weight excluding hydrogens is 212 g/mol. The predicted octanol–water partition coefficient (Wildman–Crippen LogP) is 3.12. The third kappa shape index (κ3) is 2.75. The molecule has 2 N–H and O–H groups in total. The molecule has 17 heavy (non-hydrogen) atoms. The van der Waals surface area contributed by atoms with Crippen molar-refractivity contribution < 1.29 is 4.74 Å². The number of nitrogen functional groups attached to an aromatic ring is 1. The van der Waals surface area contributed by atoms with Crippen LogP contribution in [0.1, 0.15) is 13.3 Å². The molecule has 0 fully saturated rings. The molecule has 3 heteroatoms. The van der Waals surface area contributed by atoms with Crippen LogP contribution in [0.4, 0.5) is 5.69 Å². The Kier molecular flexibility index (Phi) is 3.60. The molecule has 0 amide bonds. The second kappa shape index (κ2) is 5.34. The first kappa shape index (κ1) is 11.5. The molecule has 3 nitrogen and oxygen atoms in total. The molecule has 0 aliphatic heterocycles. The average molecular weight is 228 g/mol. The quantitative estimate of drug-likeness (QED) is 0.874. The van der Waals surface area contributed by atoms with Crippen LogP contribution in [0.15, 0.2) is 42.7 Å². The summed E-state index contributed by atoms with van der Waals surface area (Å²) in [5.41, 5.74) is 8.65. The molecule has 1 heterocycles. The average Bonchev–Trinajstić information content (AvgIpc) is 2.38. The van der Waals surface area contributed by atoms with E-state index in [2.05, 4.69) is 11.9 Å². The van der Waals surface area contributed by atoms with Gasteiger partial charge in [0.25, 0.3) is 0 Å². The molecule has 0 radical (unpaired) electrons. The van der Waals surface area contributed by atoms with Crippen molar-refractivity contribution in [2.45, 2.75) is 13.3 Å². The van der Waals surface area contributed by atoms with Crippen molar-refractivity contribution in [3.63, 3.8) is 0 Å². The van der Waals surface area contributed by atoms with Crippen LogP contribution < -0.4 is 10.5 Å². The van der Waals surface area contributed by atoms with Gasteiger partial charge in [-0.1, -0.05) is 19.1 Å². The van der Waals surface area contributed by atoms with Gasteiger partial charge >= 0.3 is 0 Å².